The van der Waals surface area contributed by atoms with Gasteiger partial charge in [0.25, 0.3) is 0 Å². The van der Waals surface area contributed by atoms with Crippen molar-refractivity contribution in [2.75, 3.05) is 12.4 Å². The number of anilines is 1. The van der Waals surface area contributed by atoms with E-state index in [9.17, 15) is 9.90 Å². The van der Waals surface area contributed by atoms with Gasteiger partial charge in [0, 0.05) is 18.2 Å². The molecule has 2 aromatic rings. The lowest BCUT2D eigenvalue weighted by Gasteiger charge is -2.22. The van der Waals surface area contributed by atoms with Gasteiger partial charge in [-0.1, -0.05) is 24.3 Å². The van der Waals surface area contributed by atoms with Gasteiger partial charge in [-0.2, -0.15) is 0 Å². The van der Waals surface area contributed by atoms with Crippen LogP contribution in [0, 0.1) is 0 Å². The van der Waals surface area contributed by atoms with E-state index in [0.717, 1.165) is 35.7 Å². The summed E-state index contributed by atoms with van der Waals surface area (Å²) in [6.07, 6.45) is 3.52. The fraction of sp³-hybridized carbons (Fsp3) is 0.353. The third kappa shape index (κ3) is 2.59. The summed E-state index contributed by atoms with van der Waals surface area (Å²) in [6.45, 7) is 0. The Morgan fingerprint density at radius 3 is 2.67 bits per heavy atom. The van der Waals surface area contributed by atoms with Crippen molar-refractivity contribution in [2.45, 2.75) is 31.4 Å². The number of methoxy groups -OCH3 is 1. The smallest absolute Gasteiger partial charge is 0.336 e. The summed E-state index contributed by atoms with van der Waals surface area (Å²) in [5, 5.41) is 14.5. The van der Waals surface area contributed by atoms with E-state index in [1.807, 2.05) is 30.3 Å². The average Bonchev–Trinajstić information content (AvgIpc) is 2.94. The van der Waals surface area contributed by atoms with Crippen molar-refractivity contribution in [3.05, 3.63) is 42.0 Å². The molecule has 4 heteroatoms. The van der Waals surface area contributed by atoms with Crippen LogP contribution in [-0.4, -0.2) is 30.3 Å². The van der Waals surface area contributed by atoms with Crippen LogP contribution in [-0.2, 0) is 4.74 Å². The van der Waals surface area contributed by atoms with Gasteiger partial charge in [0.15, 0.2) is 0 Å². The molecule has 2 aromatic carbocycles. The van der Waals surface area contributed by atoms with E-state index in [4.69, 9.17) is 4.74 Å². The Balaban J connectivity index is 2.00. The molecule has 1 saturated carbocycles. The van der Waals surface area contributed by atoms with Crippen molar-refractivity contribution in [3.8, 4) is 0 Å². The number of ether oxygens (including phenoxy) is 1. The molecular formula is C17H19NO3. The van der Waals surface area contributed by atoms with Gasteiger partial charge in [0.1, 0.15) is 0 Å². The second kappa shape index (κ2) is 5.74. The normalized spacial score (nSPS) is 21.6. The fourth-order valence-electron chi connectivity index (χ4n) is 3.18. The standard InChI is InChI=1S/C17H19NO3/c1-21-16-8-4-7-15(16)18-14-10-9-13(17(19)20)11-5-2-3-6-12(11)14/h2-3,5-6,9-10,15-16,18H,4,7-8H2,1H3,(H,19,20). The number of carboxylic acid groups (broad SMARTS) is 1. The van der Waals surface area contributed by atoms with Crippen LogP contribution < -0.4 is 5.32 Å². The molecule has 1 fully saturated rings. The van der Waals surface area contributed by atoms with E-state index in [1.54, 1.807) is 13.2 Å². The summed E-state index contributed by atoms with van der Waals surface area (Å²) in [5.74, 6) is -0.895. The van der Waals surface area contributed by atoms with Crippen molar-refractivity contribution >= 4 is 22.4 Å². The van der Waals surface area contributed by atoms with Gasteiger partial charge >= 0.3 is 5.97 Å². The molecule has 2 atom stereocenters. The molecule has 4 nitrogen and oxygen atoms in total. The number of benzene rings is 2. The number of hydrogen-bond donors (Lipinski definition) is 2. The van der Waals surface area contributed by atoms with Gasteiger partial charge in [-0.15, -0.1) is 0 Å². The third-order valence-corrected chi connectivity index (χ3v) is 4.25. The molecule has 0 amide bonds. The molecule has 0 saturated heterocycles. The van der Waals surface area contributed by atoms with Crippen molar-refractivity contribution < 1.29 is 14.6 Å². The Hall–Kier alpha value is -2.07. The molecule has 0 aromatic heterocycles. The molecule has 0 radical (unpaired) electrons. The zero-order valence-corrected chi connectivity index (χ0v) is 12.0. The molecule has 2 unspecified atom stereocenters. The summed E-state index contributed by atoms with van der Waals surface area (Å²) >= 11 is 0. The topological polar surface area (TPSA) is 58.6 Å². The van der Waals surface area contributed by atoms with E-state index in [2.05, 4.69) is 5.32 Å². The second-order valence-electron chi connectivity index (χ2n) is 5.47. The van der Waals surface area contributed by atoms with Gasteiger partial charge in [-0.25, -0.2) is 4.79 Å². The summed E-state index contributed by atoms with van der Waals surface area (Å²) in [4.78, 5) is 11.3. The van der Waals surface area contributed by atoms with E-state index in [-0.39, 0.29) is 12.1 Å². The Morgan fingerprint density at radius 2 is 1.95 bits per heavy atom. The molecule has 21 heavy (non-hydrogen) atoms. The highest BCUT2D eigenvalue weighted by Crippen LogP contribution is 2.31. The number of nitrogens with one attached hydrogen (secondary N) is 1. The molecule has 1 aliphatic rings. The molecule has 0 bridgehead atoms. The maximum atomic E-state index is 11.3. The van der Waals surface area contributed by atoms with Crippen molar-refractivity contribution in [2.24, 2.45) is 0 Å². The summed E-state index contributed by atoms with van der Waals surface area (Å²) in [7, 11) is 1.75. The number of hydrogen-bond acceptors (Lipinski definition) is 3. The predicted octanol–water partition coefficient (Wildman–Crippen LogP) is 3.52. The SMILES string of the molecule is COC1CCCC1Nc1ccc(C(=O)O)c2ccccc12. The van der Waals surface area contributed by atoms with Crippen LogP contribution in [0.25, 0.3) is 10.8 Å². The van der Waals surface area contributed by atoms with Crippen molar-refractivity contribution in [1.29, 1.82) is 0 Å². The van der Waals surface area contributed by atoms with E-state index in [0.29, 0.717) is 5.56 Å². The van der Waals surface area contributed by atoms with Crippen LogP contribution >= 0.6 is 0 Å². The van der Waals surface area contributed by atoms with Crippen LogP contribution in [0.4, 0.5) is 5.69 Å². The first kappa shape index (κ1) is 13.9. The first-order valence-electron chi connectivity index (χ1n) is 7.25. The number of rotatable bonds is 4. The Kier molecular flexibility index (Phi) is 3.80. The minimum Gasteiger partial charge on any atom is -0.478 e. The minimum absolute atomic E-state index is 0.225. The Morgan fingerprint density at radius 1 is 1.19 bits per heavy atom. The highest BCUT2D eigenvalue weighted by atomic mass is 16.5. The maximum Gasteiger partial charge on any atom is 0.336 e. The first-order valence-corrected chi connectivity index (χ1v) is 7.25. The second-order valence-corrected chi connectivity index (χ2v) is 5.47. The van der Waals surface area contributed by atoms with Gasteiger partial charge in [-0.05, 0) is 36.8 Å². The third-order valence-electron chi connectivity index (χ3n) is 4.25. The van der Waals surface area contributed by atoms with Crippen LogP contribution in [0.3, 0.4) is 0 Å². The molecule has 3 rings (SSSR count). The quantitative estimate of drug-likeness (QED) is 0.902. The molecule has 2 N–H and O–H groups in total. The van der Waals surface area contributed by atoms with Crippen LogP contribution in [0.5, 0.6) is 0 Å². The largest absolute Gasteiger partial charge is 0.478 e. The zero-order valence-electron chi connectivity index (χ0n) is 12.0. The maximum absolute atomic E-state index is 11.3. The first-order chi connectivity index (χ1) is 10.2. The summed E-state index contributed by atoms with van der Waals surface area (Å²) in [6, 6.07) is 11.4. The summed E-state index contributed by atoms with van der Waals surface area (Å²) in [5.41, 5.74) is 1.32. The van der Waals surface area contributed by atoms with Crippen molar-refractivity contribution in [1.82, 2.24) is 0 Å². The number of fused-ring (bicyclic) bond motifs is 1. The number of aromatic carboxylic acids is 1. The van der Waals surface area contributed by atoms with Crippen LogP contribution in [0.1, 0.15) is 29.6 Å². The lowest BCUT2D eigenvalue weighted by Crippen LogP contribution is -2.29. The van der Waals surface area contributed by atoms with Gasteiger partial charge in [0.05, 0.1) is 17.7 Å². The van der Waals surface area contributed by atoms with E-state index < -0.39 is 5.97 Å². The minimum atomic E-state index is -0.895. The van der Waals surface area contributed by atoms with Gasteiger partial charge in [0.2, 0.25) is 0 Å². The highest BCUT2D eigenvalue weighted by molar-refractivity contribution is 6.07. The van der Waals surface area contributed by atoms with Crippen molar-refractivity contribution in [3.63, 3.8) is 0 Å². The molecule has 0 spiro atoms. The van der Waals surface area contributed by atoms with Crippen LogP contribution in [0.15, 0.2) is 36.4 Å². The predicted molar refractivity (Wildman–Crippen MR) is 83.0 cm³/mol. The average molecular weight is 285 g/mol. The van der Waals surface area contributed by atoms with E-state index >= 15 is 0 Å². The fourth-order valence-corrected chi connectivity index (χ4v) is 3.18. The molecule has 0 aliphatic heterocycles. The lowest BCUT2D eigenvalue weighted by atomic mass is 10.0. The number of carbonyl (C=O) groups is 1. The van der Waals surface area contributed by atoms with Crippen LogP contribution in [0.2, 0.25) is 0 Å². The lowest BCUT2D eigenvalue weighted by molar-refractivity contribution is 0.0699. The number of carboxylic acids is 1. The summed E-state index contributed by atoms with van der Waals surface area (Å²) < 4.78 is 5.51. The molecular weight excluding hydrogens is 266 g/mol. The van der Waals surface area contributed by atoms with Gasteiger partial charge < -0.3 is 15.2 Å². The molecule has 1 aliphatic carbocycles. The Bertz CT molecular complexity index is 668. The highest BCUT2D eigenvalue weighted by Gasteiger charge is 2.27. The molecule has 110 valence electrons. The zero-order chi connectivity index (χ0) is 14.8. The van der Waals surface area contributed by atoms with Gasteiger partial charge in [-0.3, -0.25) is 0 Å². The molecule has 0 heterocycles. The monoisotopic (exact) mass is 285 g/mol. The van der Waals surface area contributed by atoms with E-state index in [1.165, 1.54) is 0 Å². The Labute approximate surface area is 123 Å².